The number of aryl methyl sites for hydroxylation is 1. The van der Waals surface area contributed by atoms with Gasteiger partial charge in [-0.05, 0) is 32.3 Å². The van der Waals surface area contributed by atoms with Gasteiger partial charge in [0.25, 0.3) is 16.5 Å². The molecule has 0 heterocycles. The van der Waals surface area contributed by atoms with Crippen LogP contribution in [-0.4, -0.2) is 52.0 Å². The summed E-state index contributed by atoms with van der Waals surface area (Å²) in [5.41, 5.74) is -0.405. The van der Waals surface area contributed by atoms with Crippen molar-refractivity contribution in [2.75, 3.05) is 32.0 Å². The topological polar surface area (TPSA) is 96.0 Å². The van der Waals surface area contributed by atoms with Gasteiger partial charge < -0.3 is 9.47 Å². The van der Waals surface area contributed by atoms with Crippen LogP contribution in [0.1, 0.15) is 25.8 Å². The van der Waals surface area contributed by atoms with Crippen molar-refractivity contribution in [1.82, 2.24) is 0 Å². The van der Waals surface area contributed by atoms with Crippen LogP contribution in [0.25, 0.3) is 0 Å². The second-order valence-corrected chi connectivity index (χ2v) is 8.91. The molecule has 0 fully saturated rings. The highest BCUT2D eigenvalue weighted by atomic mass is 32.2. The lowest BCUT2D eigenvalue weighted by Gasteiger charge is -2.27. The van der Waals surface area contributed by atoms with Crippen LogP contribution < -0.4 is 0 Å². The maximum absolute atomic E-state index is 12.6. The quantitative estimate of drug-likeness (QED) is 0.300. The molecule has 0 aliphatic rings. The molecule has 0 aliphatic heterocycles. The van der Waals surface area contributed by atoms with Crippen LogP contribution >= 0.6 is 7.80 Å². The fourth-order valence-corrected chi connectivity index (χ4v) is 4.71. The van der Waals surface area contributed by atoms with Crippen LogP contribution in [0.15, 0.2) is 30.3 Å². The molecular formula is C17H26O7PS+. The van der Waals surface area contributed by atoms with Crippen molar-refractivity contribution in [2.45, 2.75) is 32.3 Å². The molecule has 0 aromatic heterocycles. The monoisotopic (exact) mass is 405 g/mol. The zero-order valence-corrected chi connectivity index (χ0v) is 17.1. The van der Waals surface area contributed by atoms with E-state index >= 15 is 0 Å². The summed E-state index contributed by atoms with van der Waals surface area (Å²) in [7, 11) is -5.86. The van der Waals surface area contributed by atoms with Gasteiger partial charge in [-0.2, -0.15) is 8.42 Å². The zero-order valence-electron chi connectivity index (χ0n) is 15.3. The van der Waals surface area contributed by atoms with Gasteiger partial charge >= 0.3 is 13.8 Å². The predicted octanol–water partition coefficient (Wildman–Crippen LogP) is 2.72. The molecule has 0 saturated carbocycles. The number of esters is 1. The first kappa shape index (κ1) is 22.7. The largest absolute Gasteiger partial charge is 0.464 e. The van der Waals surface area contributed by atoms with Crippen LogP contribution in [0.5, 0.6) is 0 Å². The Hall–Kier alpha value is -1.34. The maximum Gasteiger partial charge on any atom is 0.371 e. The van der Waals surface area contributed by atoms with Crippen LogP contribution in [0.3, 0.4) is 0 Å². The molecule has 0 bridgehead atoms. The molecule has 0 radical (unpaired) electrons. The van der Waals surface area contributed by atoms with Gasteiger partial charge in [0.1, 0.15) is 0 Å². The summed E-state index contributed by atoms with van der Waals surface area (Å²) >= 11 is 0. The lowest BCUT2D eigenvalue weighted by molar-refractivity contribution is -0.169. The molecule has 1 aromatic carbocycles. The van der Waals surface area contributed by atoms with Crippen molar-refractivity contribution in [2.24, 2.45) is 0 Å². The maximum atomic E-state index is 12.6. The highest BCUT2D eigenvalue weighted by Gasteiger charge is 2.47. The lowest BCUT2D eigenvalue weighted by atomic mass is 9.96. The summed E-state index contributed by atoms with van der Waals surface area (Å²) in [6.07, 6.45) is 1.01. The van der Waals surface area contributed by atoms with E-state index < -0.39 is 35.8 Å². The Morgan fingerprint density at radius 1 is 1.15 bits per heavy atom. The van der Waals surface area contributed by atoms with Crippen LogP contribution in [0.4, 0.5) is 0 Å². The Kier molecular flexibility index (Phi) is 9.36. The minimum Gasteiger partial charge on any atom is -0.464 e. The molecule has 1 aromatic rings. The minimum absolute atomic E-state index is 0.162. The Bertz CT molecular complexity index is 690. The fraction of sp³-hybridized carbons (Fsp3) is 0.588. The number of hydrogen-bond acceptors (Lipinski definition) is 7. The van der Waals surface area contributed by atoms with E-state index in [-0.39, 0.29) is 25.8 Å². The van der Waals surface area contributed by atoms with Gasteiger partial charge in [0.2, 0.25) is 5.60 Å². The van der Waals surface area contributed by atoms with Crippen molar-refractivity contribution >= 4 is 23.9 Å². The van der Waals surface area contributed by atoms with Gasteiger partial charge in [0, 0.05) is 6.61 Å². The van der Waals surface area contributed by atoms with Crippen molar-refractivity contribution in [1.29, 1.82) is 0 Å². The first-order chi connectivity index (χ1) is 12.2. The van der Waals surface area contributed by atoms with Gasteiger partial charge in [-0.3, -0.25) is 0 Å². The standard InChI is InChI=1S/C17H26O7PS/c1-4-22-16(18)17(23-5-2,12-11-15-9-7-6-8-10-15)13-25(19)14-24-26(3,20)21/h6-10H,4-5,11-14H2,1-3H3/q+1. The second-order valence-electron chi connectivity index (χ2n) is 5.72. The summed E-state index contributed by atoms with van der Waals surface area (Å²) in [5.74, 6) is -0.597. The van der Waals surface area contributed by atoms with Crippen LogP contribution in [0, 0.1) is 0 Å². The van der Waals surface area contributed by atoms with E-state index in [1.165, 1.54) is 0 Å². The van der Waals surface area contributed by atoms with E-state index in [0.29, 0.717) is 6.42 Å². The van der Waals surface area contributed by atoms with Crippen molar-refractivity contribution in [3.05, 3.63) is 35.9 Å². The van der Waals surface area contributed by atoms with Gasteiger partial charge in [0.05, 0.1) is 12.9 Å². The second kappa shape index (κ2) is 10.7. The smallest absolute Gasteiger partial charge is 0.371 e. The molecule has 0 aliphatic carbocycles. The summed E-state index contributed by atoms with van der Waals surface area (Å²) in [4.78, 5) is 12.6. The number of carbonyl (C=O) groups excluding carboxylic acids is 1. The van der Waals surface area contributed by atoms with Crippen molar-refractivity contribution in [3.63, 3.8) is 0 Å². The van der Waals surface area contributed by atoms with Crippen LogP contribution in [0.2, 0.25) is 0 Å². The molecule has 0 spiro atoms. The lowest BCUT2D eigenvalue weighted by Crippen LogP contribution is -2.46. The van der Waals surface area contributed by atoms with E-state index in [2.05, 4.69) is 4.18 Å². The summed E-state index contributed by atoms with van der Waals surface area (Å²) in [6, 6.07) is 9.53. The zero-order chi connectivity index (χ0) is 19.6. The van der Waals surface area contributed by atoms with Gasteiger partial charge in [-0.25, -0.2) is 8.98 Å². The highest BCUT2D eigenvalue weighted by molar-refractivity contribution is 7.86. The van der Waals surface area contributed by atoms with Crippen molar-refractivity contribution < 1.29 is 31.4 Å². The Balaban J connectivity index is 2.96. The number of rotatable bonds is 12. The molecule has 146 valence electrons. The highest BCUT2D eigenvalue weighted by Crippen LogP contribution is 2.34. The Labute approximate surface area is 155 Å². The SMILES string of the molecule is CCOC(=O)C(CCc1ccccc1)(C[P+](=O)COS(C)(=O)=O)OCC. The molecule has 0 saturated heterocycles. The van der Waals surface area contributed by atoms with Gasteiger partial charge in [-0.1, -0.05) is 34.9 Å². The van der Waals surface area contributed by atoms with E-state index in [1.807, 2.05) is 30.3 Å². The first-order valence-corrected chi connectivity index (χ1v) is 11.8. The van der Waals surface area contributed by atoms with E-state index in [4.69, 9.17) is 9.47 Å². The third kappa shape index (κ3) is 7.91. The molecule has 0 amide bonds. The average molecular weight is 405 g/mol. The third-order valence-corrected chi connectivity index (χ3v) is 5.57. The summed E-state index contributed by atoms with van der Waals surface area (Å²) in [6.45, 7) is 3.80. The molecule has 7 nitrogen and oxygen atoms in total. The fourth-order valence-electron chi connectivity index (χ4n) is 2.44. The predicted molar refractivity (Wildman–Crippen MR) is 99.0 cm³/mol. The van der Waals surface area contributed by atoms with Gasteiger partial charge in [0.15, 0.2) is 6.16 Å². The van der Waals surface area contributed by atoms with Crippen LogP contribution in [-0.2, 0) is 39.6 Å². The third-order valence-electron chi connectivity index (χ3n) is 3.57. The van der Waals surface area contributed by atoms with E-state index in [9.17, 15) is 17.8 Å². The average Bonchev–Trinajstić information content (AvgIpc) is 2.58. The molecule has 2 unspecified atom stereocenters. The number of carbonyl (C=O) groups is 1. The molecule has 1 rings (SSSR count). The number of benzene rings is 1. The minimum atomic E-state index is -3.71. The molecule has 2 atom stereocenters. The molecular weight excluding hydrogens is 379 g/mol. The summed E-state index contributed by atoms with van der Waals surface area (Å²) in [5, 5.41) is 0. The number of ether oxygens (including phenoxy) is 2. The summed E-state index contributed by atoms with van der Waals surface area (Å²) < 4.78 is 50.0. The Morgan fingerprint density at radius 3 is 2.35 bits per heavy atom. The molecule has 0 N–H and O–H groups in total. The van der Waals surface area contributed by atoms with Crippen molar-refractivity contribution in [3.8, 4) is 0 Å². The van der Waals surface area contributed by atoms with E-state index in [0.717, 1.165) is 11.8 Å². The molecule has 26 heavy (non-hydrogen) atoms. The molecule has 9 heteroatoms. The first-order valence-electron chi connectivity index (χ1n) is 8.34. The normalized spacial score (nSPS) is 14.5. The Morgan fingerprint density at radius 2 is 1.81 bits per heavy atom. The van der Waals surface area contributed by atoms with E-state index in [1.54, 1.807) is 13.8 Å². The van der Waals surface area contributed by atoms with Gasteiger partial charge in [-0.15, -0.1) is 0 Å². The number of hydrogen-bond donors (Lipinski definition) is 0.